The number of halogens is 4. The molecule has 2 heterocycles. The summed E-state index contributed by atoms with van der Waals surface area (Å²) in [4.78, 5) is 18.4. The lowest BCUT2D eigenvalue weighted by Crippen LogP contribution is -2.40. The number of piperidine rings is 1. The molecule has 1 N–H and O–H groups in total. The summed E-state index contributed by atoms with van der Waals surface area (Å²) in [6, 6.07) is 12.7. The zero-order valence-corrected chi connectivity index (χ0v) is 18.7. The van der Waals surface area contributed by atoms with Crippen LogP contribution in [0.4, 0.5) is 19.0 Å². The van der Waals surface area contributed by atoms with E-state index in [4.69, 9.17) is 16.3 Å². The van der Waals surface area contributed by atoms with E-state index >= 15 is 0 Å². The highest BCUT2D eigenvalue weighted by molar-refractivity contribution is 6.33. The number of nitrogens with zero attached hydrogens (tertiary/aromatic N) is 2. The fourth-order valence-corrected chi connectivity index (χ4v) is 4.30. The molecule has 33 heavy (non-hydrogen) atoms. The van der Waals surface area contributed by atoms with E-state index in [-0.39, 0.29) is 16.8 Å². The smallest absolute Gasteiger partial charge is 0.417 e. The standard InChI is InChI=1S/C24H23ClF3N3O2/c1-33-20-5-4-17-10-15(2-3-18(17)11-20)13-30-23(32)16-6-8-31(9-7-16)22-21(25)12-19(14-29-22)24(26,27)28/h2-5,10-12,14,16H,6-9,13H2,1H3,(H,30,32). The predicted octanol–water partition coefficient (Wildman–Crippen LogP) is 5.45. The molecule has 4 rings (SSSR count). The Kier molecular flexibility index (Phi) is 6.65. The van der Waals surface area contributed by atoms with Crippen LogP contribution in [0.25, 0.3) is 10.8 Å². The number of fused-ring (bicyclic) bond motifs is 1. The second kappa shape index (κ2) is 9.47. The van der Waals surface area contributed by atoms with Crippen LogP contribution in [0.3, 0.4) is 0 Å². The summed E-state index contributed by atoms with van der Waals surface area (Å²) in [6.45, 7) is 1.41. The van der Waals surface area contributed by atoms with Gasteiger partial charge in [-0.1, -0.05) is 29.8 Å². The number of pyridine rings is 1. The Balaban J connectivity index is 1.32. The number of hydrogen-bond donors (Lipinski definition) is 1. The minimum absolute atomic E-state index is 0.0315. The maximum atomic E-state index is 12.8. The molecule has 1 saturated heterocycles. The number of carbonyl (C=O) groups is 1. The van der Waals surface area contributed by atoms with Gasteiger partial charge < -0.3 is 15.0 Å². The lowest BCUT2D eigenvalue weighted by atomic mass is 9.95. The van der Waals surface area contributed by atoms with Crippen molar-refractivity contribution in [2.45, 2.75) is 25.6 Å². The van der Waals surface area contributed by atoms with Crippen molar-refractivity contribution in [3.05, 3.63) is 64.8 Å². The minimum Gasteiger partial charge on any atom is -0.497 e. The van der Waals surface area contributed by atoms with E-state index in [0.717, 1.165) is 34.3 Å². The van der Waals surface area contributed by atoms with Crippen LogP contribution in [0.2, 0.25) is 5.02 Å². The average Bonchev–Trinajstić information content (AvgIpc) is 2.81. The number of ether oxygens (including phenoxy) is 1. The summed E-state index contributed by atoms with van der Waals surface area (Å²) in [5, 5.41) is 5.09. The Morgan fingerprint density at radius 2 is 1.85 bits per heavy atom. The van der Waals surface area contributed by atoms with Gasteiger partial charge in [0.25, 0.3) is 0 Å². The van der Waals surface area contributed by atoms with E-state index < -0.39 is 11.7 Å². The Morgan fingerprint density at radius 1 is 1.15 bits per heavy atom. The van der Waals surface area contributed by atoms with Gasteiger partial charge in [0.05, 0.1) is 17.7 Å². The van der Waals surface area contributed by atoms with Crippen LogP contribution < -0.4 is 15.0 Å². The first-order valence-corrected chi connectivity index (χ1v) is 10.9. The molecule has 0 unspecified atom stereocenters. The number of rotatable bonds is 5. The number of amides is 1. The van der Waals surface area contributed by atoms with Gasteiger partial charge in [-0.25, -0.2) is 4.98 Å². The maximum Gasteiger partial charge on any atom is 0.417 e. The summed E-state index contributed by atoms with van der Waals surface area (Å²) >= 11 is 6.05. The quantitative estimate of drug-likeness (QED) is 0.531. The van der Waals surface area contributed by atoms with Crippen LogP contribution in [0.5, 0.6) is 5.75 Å². The van der Waals surface area contributed by atoms with Crippen LogP contribution in [0.15, 0.2) is 48.7 Å². The molecule has 1 amide bonds. The fraction of sp³-hybridized carbons (Fsp3) is 0.333. The number of anilines is 1. The van der Waals surface area contributed by atoms with Gasteiger partial charge in [-0.2, -0.15) is 13.2 Å². The van der Waals surface area contributed by atoms with Crippen molar-refractivity contribution >= 4 is 34.1 Å². The molecule has 0 radical (unpaired) electrons. The molecule has 0 bridgehead atoms. The van der Waals surface area contributed by atoms with Gasteiger partial charge in [-0.05, 0) is 53.4 Å². The van der Waals surface area contributed by atoms with Gasteiger partial charge in [0, 0.05) is 31.7 Å². The van der Waals surface area contributed by atoms with Crippen molar-refractivity contribution in [2.24, 2.45) is 5.92 Å². The Labute approximate surface area is 194 Å². The highest BCUT2D eigenvalue weighted by Gasteiger charge is 2.33. The molecule has 1 fully saturated rings. The molecular weight excluding hydrogens is 455 g/mol. The summed E-state index contributed by atoms with van der Waals surface area (Å²) < 4.78 is 43.7. The van der Waals surface area contributed by atoms with Crippen LogP contribution >= 0.6 is 11.6 Å². The number of aromatic nitrogens is 1. The molecule has 1 aliphatic heterocycles. The van der Waals surface area contributed by atoms with E-state index in [9.17, 15) is 18.0 Å². The molecule has 9 heteroatoms. The SMILES string of the molecule is COc1ccc2cc(CNC(=O)C3CCN(c4ncc(C(F)(F)F)cc4Cl)CC3)ccc2c1. The second-order valence-electron chi connectivity index (χ2n) is 8.05. The van der Waals surface area contributed by atoms with E-state index in [2.05, 4.69) is 10.3 Å². The van der Waals surface area contributed by atoms with Crippen molar-refractivity contribution in [1.29, 1.82) is 0 Å². The van der Waals surface area contributed by atoms with Crippen LogP contribution in [0.1, 0.15) is 24.0 Å². The zero-order valence-electron chi connectivity index (χ0n) is 18.0. The molecule has 0 saturated carbocycles. The van der Waals surface area contributed by atoms with Crippen molar-refractivity contribution in [1.82, 2.24) is 10.3 Å². The number of hydrogen-bond acceptors (Lipinski definition) is 4. The Hall–Kier alpha value is -3.00. The van der Waals surface area contributed by atoms with E-state index in [0.29, 0.717) is 38.3 Å². The predicted molar refractivity (Wildman–Crippen MR) is 122 cm³/mol. The lowest BCUT2D eigenvalue weighted by molar-refractivity contribution is -0.137. The maximum absolute atomic E-state index is 12.8. The van der Waals surface area contributed by atoms with Crippen LogP contribution in [-0.2, 0) is 17.5 Å². The number of alkyl halides is 3. The molecule has 3 aromatic rings. The van der Waals surface area contributed by atoms with Crippen molar-refractivity contribution in [3.63, 3.8) is 0 Å². The van der Waals surface area contributed by atoms with Gasteiger partial charge in [-0.15, -0.1) is 0 Å². The topological polar surface area (TPSA) is 54.5 Å². The zero-order chi connectivity index (χ0) is 23.6. The third-order valence-electron chi connectivity index (χ3n) is 5.89. The summed E-state index contributed by atoms with van der Waals surface area (Å²) in [7, 11) is 1.63. The first kappa shape index (κ1) is 23.2. The number of benzene rings is 2. The van der Waals surface area contributed by atoms with E-state index in [1.54, 1.807) is 7.11 Å². The normalized spacial score (nSPS) is 15.0. The summed E-state index contributed by atoms with van der Waals surface area (Å²) in [6.07, 6.45) is -2.55. The molecule has 0 atom stereocenters. The molecule has 5 nitrogen and oxygen atoms in total. The van der Waals surface area contributed by atoms with Gasteiger partial charge in [0.1, 0.15) is 11.6 Å². The van der Waals surface area contributed by atoms with Crippen molar-refractivity contribution in [3.8, 4) is 5.75 Å². The largest absolute Gasteiger partial charge is 0.497 e. The molecule has 2 aromatic carbocycles. The van der Waals surface area contributed by atoms with Crippen LogP contribution in [-0.4, -0.2) is 31.1 Å². The fourth-order valence-electron chi connectivity index (χ4n) is 4.02. The number of carbonyl (C=O) groups excluding carboxylic acids is 1. The van der Waals surface area contributed by atoms with Crippen molar-refractivity contribution < 1.29 is 22.7 Å². The highest BCUT2D eigenvalue weighted by atomic mass is 35.5. The summed E-state index contributed by atoms with van der Waals surface area (Å²) in [5.41, 5.74) is 0.123. The summed E-state index contributed by atoms with van der Waals surface area (Å²) in [5.74, 6) is 0.911. The molecular formula is C24H23ClF3N3O2. The molecule has 1 aliphatic rings. The average molecular weight is 478 g/mol. The van der Waals surface area contributed by atoms with E-state index in [1.165, 1.54) is 0 Å². The second-order valence-corrected chi connectivity index (χ2v) is 8.46. The van der Waals surface area contributed by atoms with Gasteiger partial charge in [0.15, 0.2) is 0 Å². The third-order valence-corrected chi connectivity index (χ3v) is 6.17. The highest BCUT2D eigenvalue weighted by Crippen LogP contribution is 2.34. The first-order chi connectivity index (χ1) is 15.7. The van der Waals surface area contributed by atoms with Gasteiger partial charge >= 0.3 is 6.18 Å². The Bertz CT molecular complexity index is 1160. The lowest BCUT2D eigenvalue weighted by Gasteiger charge is -2.32. The molecule has 0 spiro atoms. The van der Waals surface area contributed by atoms with Gasteiger partial charge in [-0.3, -0.25) is 4.79 Å². The molecule has 174 valence electrons. The van der Waals surface area contributed by atoms with E-state index in [1.807, 2.05) is 41.3 Å². The minimum atomic E-state index is -4.49. The molecule has 0 aliphatic carbocycles. The van der Waals surface area contributed by atoms with Gasteiger partial charge in [0.2, 0.25) is 5.91 Å². The monoisotopic (exact) mass is 477 g/mol. The molecule has 1 aromatic heterocycles. The third kappa shape index (κ3) is 5.33. The number of methoxy groups -OCH3 is 1. The van der Waals surface area contributed by atoms with Crippen molar-refractivity contribution in [2.75, 3.05) is 25.1 Å². The first-order valence-electron chi connectivity index (χ1n) is 10.6. The number of nitrogens with one attached hydrogen (secondary N) is 1. The van der Waals surface area contributed by atoms with Crippen LogP contribution in [0, 0.1) is 5.92 Å². The Morgan fingerprint density at radius 3 is 2.52 bits per heavy atom.